The maximum atomic E-state index is 12.0. The van der Waals surface area contributed by atoms with Crippen molar-refractivity contribution in [1.29, 1.82) is 0 Å². The molecule has 2 aromatic rings. The summed E-state index contributed by atoms with van der Waals surface area (Å²) in [4.78, 5) is 8.42. The van der Waals surface area contributed by atoms with Crippen molar-refractivity contribution in [2.75, 3.05) is 11.1 Å². The van der Waals surface area contributed by atoms with E-state index in [4.69, 9.17) is 0 Å². The van der Waals surface area contributed by atoms with Crippen molar-refractivity contribution in [2.45, 2.75) is 18.4 Å². The third kappa shape index (κ3) is 3.29. The summed E-state index contributed by atoms with van der Waals surface area (Å²) in [7, 11) is -3.23. The number of nitrogens with one attached hydrogen (secondary N) is 1. The number of rotatable bonds is 5. The van der Waals surface area contributed by atoms with Crippen LogP contribution in [-0.4, -0.2) is 24.1 Å². The molecule has 0 unspecified atom stereocenters. The van der Waals surface area contributed by atoms with Gasteiger partial charge in [0, 0.05) is 12.4 Å². The molecule has 0 bridgehead atoms. The van der Waals surface area contributed by atoms with Crippen molar-refractivity contribution in [3.8, 4) is 0 Å². The highest BCUT2D eigenvalue weighted by atomic mass is 32.2. The van der Waals surface area contributed by atoms with Crippen LogP contribution in [-0.2, 0) is 16.4 Å². The Bertz CT molecular complexity index is 642. The number of aromatic nitrogens is 2. The van der Waals surface area contributed by atoms with Crippen LogP contribution < -0.4 is 5.32 Å². The summed E-state index contributed by atoms with van der Waals surface area (Å²) >= 11 is 0. The van der Waals surface area contributed by atoms with Crippen LogP contribution in [0.5, 0.6) is 0 Å². The molecule has 0 aliphatic carbocycles. The minimum absolute atomic E-state index is 0.0802. The first-order chi connectivity index (χ1) is 9.13. The van der Waals surface area contributed by atoms with Crippen LogP contribution in [0.2, 0.25) is 0 Å². The fourth-order valence-corrected chi connectivity index (χ4v) is 2.72. The molecule has 0 atom stereocenters. The third-order valence-corrected chi connectivity index (χ3v) is 4.46. The van der Waals surface area contributed by atoms with Gasteiger partial charge in [-0.05, 0) is 12.1 Å². The molecule has 0 amide bonds. The Morgan fingerprint density at radius 3 is 2.68 bits per heavy atom. The van der Waals surface area contributed by atoms with Crippen molar-refractivity contribution in [3.63, 3.8) is 0 Å². The van der Waals surface area contributed by atoms with Gasteiger partial charge in [-0.15, -0.1) is 0 Å². The number of nitrogens with zero attached hydrogens (tertiary/aromatic N) is 2. The van der Waals surface area contributed by atoms with E-state index >= 15 is 0 Å². The maximum Gasteiger partial charge on any atom is 0.180 e. The first-order valence-electron chi connectivity index (χ1n) is 5.94. The maximum absolute atomic E-state index is 12.0. The second kappa shape index (κ2) is 5.79. The number of benzene rings is 1. The molecule has 19 heavy (non-hydrogen) atoms. The lowest BCUT2D eigenvalue weighted by Gasteiger charge is -2.11. The van der Waals surface area contributed by atoms with Crippen LogP contribution in [0.4, 0.5) is 5.69 Å². The Balaban J connectivity index is 2.22. The third-order valence-electron chi connectivity index (χ3n) is 2.68. The fourth-order valence-electron chi connectivity index (χ4n) is 1.65. The SMILES string of the molecule is CCS(=O)(=O)c1ccccc1NCc1cnccn1. The van der Waals surface area contributed by atoms with Gasteiger partial charge >= 0.3 is 0 Å². The van der Waals surface area contributed by atoms with Gasteiger partial charge in [0.05, 0.1) is 34.8 Å². The molecule has 2 rings (SSSR count). The molecule has 1 N–H and O–H groups in total. The Morgan fingerprint density at radius 1 is 1.21 bits per heavy atom. The topological polar surface area (TPSA) is 72.0 Å². The molecule has 6 heteroatoms. The van der Waals surface area contributed by atoms with Crippen LogP contribution in [0.15, 0.2) is 47.8 Å². The number of anilines is 1. The van der Waals surface area contributed by atoms with Crippen molar-refractivity contribution in [2.24, 2.45) is 0 Å². The summed E-state index contributed by atoms with van der Waals surface area (Å²) in [6.45, 7) is 2.07. The predicted molar refractivity (Wildman–Crippen MR) is 73.5 cm³/mol. The number of para-hydroxylation sites is 1. The van der Waals surface area contributed by atoms with Crippen molar-refractivity contribution >= 4 is 15.5 Å². The first-order valence-corrected chi connectivity index (χ1v) is 7.59. The van der Waals surface area contributed by atoms with Gasteiger partial charge in [-0.2, -0.15) is 0 Å². The zero-order valence-corrected chi connectivity index (χ0v) is 11.4. The van der Waals surface area contributed by atoms with E-state index in [0.717, 1.165) is 5.69 Å². The smallest absolute Gasteiger partial charge is 0.180 e. The van der Waals surface area contributed by atoms with E-state index in [1.54, 1.807) is 49.8 Å². The molecule has 0 saturated heterocycles. The number of hydrogen-bond acceptors (Lipinski definition) is 5. The van der Waals surface area contributed by atoms with Crippen LogP contribution in [0.3, 0.4) is 0 Å². The molecule has 0 aliphatic heterocycles. The molecule has 0 fully saturated rings. The van der Waals surface area contributed by atoms with Gasteiger partial charge in [-0.1, -0.05) is 19.1 Å². The van der Waals surface area contributed by atoms with Crippen molar-refractivity contribution in [1.82, 2.24) is 9.97 Å². The molecule has 0 radical (unpaired) electrons. The predicted octanol–water partition coefficient (Wildman–Crippen LogP) is 1.88. The highest BCUT2D eigenvalue weighted by Crippen LogP contribution is 2.22. The standard InChI is InChI=1S/C13H15N3O2S/c1-2-19(17,18)13-6-4-3-5-12(13)16-10-11-9-14-7-8-15-11/h3-9,16H,2,10H2,1H3. The molecule has 0 spiro atoms. The minimum atomic E-state index is -3.23. The molecule has 5 nitrogen and oxygen atoms in total. The lowest BCUT2D eigenvalue weighted by atomic mass is 10.3. The molecule has 1 heterocycles. The van der Waals surface area contributed by atoms with Gasteiger partial charge in [0.25, 0.3) is 0 Å². The summed E-state index contributed by atoms with van der Waals surface area (Å²) in [6, 6.07) is 6.88. The van der Waals surface area contributed by atoms with E-state index in [-0.39, 0.29) is 5.75 Å². The van der Waals surface area contributed by atoms with Gasteiger partial charge in [-0.3, -0.25) is 9.97 Å². The lowest BCUT2D eigenvalue weighted by molar-refractivity contribution is 0.597. The Kier molecular flexibility index (Phi) is 4.11. The Hall–Kier alpha value is -1.95. The quantitative estimate of drug-likeness (QED) is 0.903. The van der Waals surface area contributed by atoms with Gasteiger partial charge in [0.2, 0.25) is 0 Å². The molecular weight excluding hydrogens is 262 g/mol. The summed E-state index contributed by atoms with van der Waals surface area (Å²) in [5.41, 5.74) is 1.35. The summed E-state index contributed by atoms with van der Waals surface area (Å²) in [6.07, 6.45) is 4.84. The zero-order valence-electron chi connectivity index (χ0n) is 10.6. The average molecular weight is 277 g/mol. The van der Waals surface area contributed by atoms with Crippen molar-refractivity contribution in [3.05, 3.63) is 48.5 Å². The Labute approximate surface area is 112 Å². The van der Waals surface area contributed by atoms with Gasteiger partial charge in [-0.25, -0.2) is 8.42 Å². The van der Waals surface area contributed by atoms with Crippen LogP contribution in [0, 0.1) is 0 Å². The first kappa shape index (κ1) is 13.5. The minimum Gasteiger partial charge on any atom is -0.378 e. The van der Waals surface area contributed by atoms with E-state index in [2.05, 4.69) is 15.3 Å². The van der Waals surface area contributed by atoms with E-state index in [1.165, 1.54) is 0 Å². The summed E-state index contributed by atoms with van der Waals surface area (Å²) in [5.74, 6) is 0.0802. The summed E-state index contributed by atoms with van der Waals surface area (Å²) < 4.78 is 23.9. The fraction of sp³-hybridized carbons (Fsp3) is 0.231. The normalized spacial score (nSPS) is 11.2. The lowest BCUT2D eigenvalue weighted by Crippen LogP contribution is -2.09. The highest BCUT2D eigenvalue weighted by Gasteiger charge is 2.15. The van der Waals surface area contributed by atoms with Gasteiger partial charge in [0.15, 0.2) is 9.84 Å². The summed E-state index contributed by atoms with van der Waals surface area (Å²) in [5, 5.41) is 3.09. The van der Waals surface area contributed by atoms with E-state index < -0.39 is 9.84 Å². The molecule has 1 aromatic carbocycles. The van der Waals surface area contributed by atoms with E-state index in [1.807, 2.05) is 0 Å². The second-order valence-corrected chi connectivity index (χ2v) is 6.20. The van der Waals surface area contributed by atoms with Gasteiger partial charge < -0.3 is 5.32 Å². The van der Waals surface area contributed by atoms with Crippen LogP contribution in [0.25, 0.3) is 0 Å². The molecule has 1 aromatic heterocycles. The van der Waals surface area contributed by atoms with Crippen molar-refractivity contribution < 1.29 is 8.42 Å². The molecular formula is C13H15N3O2S. The van der Waals surface area contributed by atoms with E-state index in [9.17, 15) is 8.42 Å². The molecule has 0 aliphatic rings. The van der Waals surface area contributed by atoms with Gasteiger partial charge in [0.1, 0.15) is 0 Å². The molecule has 100 valence electrons. The Morgan fingerprint density at radius 2 is 2.00 bits per heavy atom. The van der Waals surface area contributed by atoms with E-state index in [0.29, 0.717) is 17.1 Å². The van der Waals surface area contributed by atoms with Crippen LogP contribution in [0.1, 0.15) is 12.6 Å². The van der Waals surface area contributed by atoms with Crippen LogP contribution >= 0.6 is 0 Å². The average Bonchev–Trinajstić information content (AvgIpc) is 2.46. The largest absolute Gasteiger partial charge is 0.378 e. The highest BCUT2D eigenvalue weighted by molar-refractivity contribution is 7.91. The zero-order chi connectivity index (χ0) is 13.7. The molecule has 0 saturated carbocycles. The number of sulfone groups is 1. The monoisotopic (exact) mass is 277 g/mol. The number of hydrogen-bond donors (Lipinski definition) is 1. The second-order valence-electron chi connectivity index (χ2n) is 3.95.